The molecule has 0 spiro atoms. The Morgan fingerprint density at radius 3 is 2.78 bits per heavy atom. The lowest BCUT2D eigenvalue weighted by atomic mass is 10.1. The third-order valence-corrected chi connectivity index (χ3v) is 3.74. The first kappa shape index (κ1) is 15.6. The number of aromatic nitrogens is 1. The van der Waals surface area contributed by atoms with Gasteiger partial charge in [0.05, 0.1) is 24.6 Å². The third-order valence-electron chi connectivity index (χ3n) is 2.21. The molecule has 0 amide bonds. The quantitative estimate of drug-likeness (QED) is 0.440. The molecule has 0 radical (unpaired) electrons. The van der Waals surface area contributed by atoms with E-state index in [2.05, 4.69) is 4.98 Å². The van der Waals surface area contributed by atoms with Gasteiger partial charge in [-0.3, -0.25) is 9.78 Å². The van der Waals surface area contributed by atoms with Gasteiger partial charge in [-0.1, -0.05) is 0 Å². The van der Waals surface area contributed by atoms with Gasteiger partial charge in [0.25, 0.3) is 6.43 Å². The van der Waals surface area contributed by atoms with Gasteiger partial charge in [0, 0.05) is 15.3 Å². The number of rotatable bonds is 5. The summed E-state index contributed by atoms with van der Waals surface area (Å²) in [5.41, 5.74) is 0.483. The maximum Gasteiger partial charge on any atom is 0.310 e. The van der Waals surface area contributed by atoms with Crippen molar-refractivity contribution in [3.63, 3.8) is 0 Å². The van der Waals surface area contributed by atoms with Gasteiger partial charge in [-0.15, -0.1) is 11.6 Å². The minimum atomic E-state index is -2.68. The van der Waals surface area contributed by atoms with Crippen molar-refractivity contribution in [3.05, 3.63) is 26.6 Å². The fourth-order valence-corrected chi connectivity index (χ4v) is 2.66. The summed E-state index contributed by atoms with van der Waals surface area (Å²) < 4.78 is 31.0. The Balaban J connectivity index is 3.15. The summed E-state index contributed by atoms with van der Waals surface area (Å²) in [5.74, 6) is -0.429. The summed E-state index contributed by atoms with van der Waals surface area (Å²) in [7, 11) is 0. The lowest BCUT2D eigenvalue weighted by molar-refractivity contribution is -0.142. The molecule has 1 heterocycles. The molecule has 0 bridgehead atoms. The number of halogens is 4. The predicted octanol–water partition coefficient (Wildman–Crippen LogP) is 3.47. The van der Waals surface area contributed by atoms with Crippen LogP contribution in [0.1, 0.15) is 30.2 Å². The maximum absolute atomic E-state index is 12.9. The van der Waals surface area contributed by atoms with E-state index in [1.165, 1.54) is 0 Å². The number of carbonyl (C=O) groups excluding carboxylic acids is 1. The summed E-state index contributed by atoms with van der Waals surface area (Å²) >= 11 is 7.54. The highest BCUT2D eigenvalue weighted by Gasteiger charge is 2.21. The first-order valence-corrected chi connectivity index (χ1v) is 6.78. The van der Waals surface area contributed by atoms with Gasteiger partial charge in [-0.05, 0) is 35.1 Å². The third kappa shape index (κ3) is 3.74. The van der Waals surface area contributed by atoms with Crippen molar-refractivity contribution in [2.75, 3.05) is 6.61 Å². The van der Waals surface area contributed by atoms with E-state index in [4.69, 9.17) is 16.3 Å². The minimum Gasteiger partial charge on any atom is -0.466 e. The monoisotopic (exact) mass is 389 g/mol. The van der Waals surface area contributed by atoms with E-state index >= 15 is 0 Å². The van der Waals surface area contributed by atoms with Crippen molar-refractivity contribution in [2.45, 2.75) is 25.7 Å². The highest BCUT2D eigenvalue weighted by Crippen LogP contribution is 2.28. The Morgan fingerprint density at radius 2 is 2.28 bits per heavy atom. The van der Waals surface area contributed by atoms with Crippen LogP contribution in [-0.4, -0.2) is 17.6 Å². The molecule has 1 rings (SSSR count). The van der Waals surface area contributed by atoms with Crippen molar-refractivity contribution < 1.29 is 18.3 Å². The average Bonchev–Trinajstić information content (AvgIpc) is 2.31. The van der Waals surface area contributed by atoms with E-state index in [0.717, 1.165) is 6.20 Å². The number of carbonyl (C=O) groups is 1. The topological polar surface area (TPSA) is 39.2 Å². The number of nitrogens with zero attached hydrogens (tertiary/aromatic N) is 1. The van der Waals surface area contributed by atoms with Crippen molar-refractivity contribution in [1.29, 1.82) is 0 Å². The molecule has 0 saturated carbocycles. The molecule has 1 aromatic rings. The predicted molar refractivity (Wildman–Crippen MR) is 71.8 cm³/mol. The average molecular weight is 390 g/mol. The summed E-state index contributed by atoms with van der Waals surface area (Å²) in [6.07, 6.45) is -1.81. The standard InChI is InChI=1S/C11H11ClF2INO2/c1-2-18-9(17)3-6-7(11(13)14)5-16-8(4-12)10(6)15/h5,11H,2-4H2,1H3. The largest absolute Gasteiger partial charge is 0.466 e. The van der Waals surface area contributed by atoms with Crippen LogP contribution in [0.2, 0.25) is 0 Å². The fraction of sp³-hybridized carbons (Fsp3) is 0.455. The molecular formula is C11H11ClF2INO2. The number of hydrogen-bond acceptors (Lipinski definition) is 3. The van der Waals surface area contributed by atoms with Crippen molar-refractivity contribution in [2.24, 2.45) is 0 Å². The second kappa shape index (κ2) is 7.18. The van der Waals surface area contributed by atoms with Gasteiger partial charge in [-0.25, -0.2) is 8.78 Å². The lowest BCUT2D eigenvalue weighted by Crippen LogP contribution is -2.12. The maximum atomic E-state index is 12.9. The highest BCUT2D eigenvalue weighted by molar-refractivity contribution is 14.1. The molecule has 0 aliphatic heterocycles. The normalized spacial score (nSPS) is 10.8. The van der Waals surface area contributed by atoms with E-state index in [1.807, 2.05) is 22.6 Å². The number of ether oxygens (including phenoxy) is 1. The van der Waals surface area contributed by atoms with Gasteiger partial charge >= 0.3 is 5.97 Å². The van der Waals surface area contributed by atoms with Gasteiger partial charge < -0.3 is 4.74 Å². The Hall–Kier alpha value is -0.500. The van der Waals surface area contributed by atoms with Gasteiger partial charge in [0.15, 0.2) is 0 Å². The Labute approximate surface area is 122 Å². The van der Waals surface area contributed by atoms with Crippen LogP contribution in [0.5, 0.6) is 0 Å². The number of pyridine rings is 1. The molecule has 7 heteroatoms. The lowest BCUT2D eigenvalue weighted by Gasteiger charge is -2.12. The van der Waals surface area contributed by atoms with Crippen LogP contribution in [0, 0.1) is 3.57 Å². The molecule has 3 nitrogen and oxygen atoms in total. The Bertz CT molecular complexity index is 443. The Morgan fingerprint density at radius 1 is 1.61 bits per heavy atom. The molecule has 0 aliphatic rings. The van der Waals surface area contributed by atoms with Crippen LogP contribution in [0.3, 0.4) is 0 Å². The second-order valence-electron chi connectivity index (χ2n) is 3.37. The summed E-state index contributed by atoms with van der Waals surface area (Å²) in [5, 5.41) is 0. The van der Waals surface area contributed by atoms with Crippen molar-refractivity contribution >= 4 is 40.2 Å². The minimum absolute atomic E-state index is 0.109. The fourth-order valence-electron chi connectivity index (χ4n) is 1.40. The second-order valence-corrected chi connectivity index (χ2v) is 4.71. The van der Waals surface area contributed by atoms with Crippen LogP contribution < -0.4 is 0 Å². The molecule has 0 aliphatic carbocycles. The van der Waals surface area contributed by atoms with Crippen LogP contribution in [0.15, 0.2) is 6.20 Å². The number of esters is 1. The summed E-state index contributed by atoms with van der Waals surface area (Å²) in [6.45, 7) is 1.88. The molecule has 0 atom stereocenters. The zero-order valence-electron chi connectivity index (χ0n) is 9.55. The zero-order valence-corrected chi connectivity index (χ0v) is 12.5. The SMILES string of the molecule is CCOC(=O)Cc1c(C(F)F)cnc(CCl)c1I. The zero-order chi connectivity index (χ0) is 13.7. The number of hydrogen-bond donors (Lipinski definition) is 0. The van der Waals surface area contributed by atoms with E-state index in [9.17, 15) is 13.6 Å². The molecule has 0 fully saturated rings. The van der Waals surface area contributed by atoms with Crippen molar-refractivity contribution in [3.8, 4) is 0 Å². The Kier molecular flexibility index (Phi) is 6.20. The van der Waals surface area contributed by atoms with E-state index < -0.39 is 12.4 Å². The smallest absolute Gasteiger partial charge is 0.310 e. The number of alkyl halides is 3. The van der Waals surface area contributed by atoms with Crippen LogP contribution >= 0.6 is 34.2 Å². The van der Waals surface area contributed by atoms with Crippen LogP contribution in [0.25, 0.3) is 0 Å². The first-order valence-electron chi connectivity index (χ1n) is 5.17. The van der Waals surface area contributed by atoms with E-state index in [0.29, 0.717) is 9.26 Å². The molecule has 1 aromatic heterocycles. The first-order chi connectivity index (χ1) is 8.51. The van der Waals surface area contributed by atoms with Gasteiger partial charge in [0.1, 0.15) is 0 Å². The summed E-state index contributed by atoms with van der Waals surface area (Å²) in [4.78, 5) is 15.3. The van der Waals surface area contributed by atoms with Gasteiger partial charge in [0.2, 0.25) is 0 Å². The molecule has 0 N–H and O–H groups in total. The molecule has 0 unspecified atom stereocenters. The molecule has 18 heavy (non-hydrogen) atoms. The van der Waals surface area contributed by atoms with Crippen molar-refractivity contribution in [1.82, 2.24) is 4.98 Å². The van der Waals surface area contributed by atoms with E-state index in [1.54, 1.807) is 6.92 Å². The summed E-state index contributed by atoms with van der Waals surface area (Å²) in [6, 6.07) is 0. The molecular weight excluding hydrogens is 378 g/mol. The van der Waals surface area contributed by atoms with E-state index in [-0.39, 0.29) is 30.0 Å². The molecule has 0 aromatic carbocycles. The van der Waals surface area contributed by atoms with Crippen LogP contribution in [-0.2, 0) is 21.8 Å². The molecule has 0 saturated heterocycles. The molecule has 100 valence electrons. The highest BCUT2D eigenvalue weighted by atomic mass is 127. The van der Waals surface area contributed by atoms with Crippen LogP contribution in [0.4, 0.5) is 8.78 Å². The van der Waals surface area contributed by atoms with Gasteiger partial charge in [-0.2, -0.15) is 0 Å².